The van der Waals surface area contributed by atoms with Crippen LogP contribution >= 0.6 is 12.4 Å². The van der Waals surface area contributed by atoms with Gasteiger partial charge in [0.25, 0.3) is 0 Å². The van der Waals surface area contributed by atoms with Gasteiger partial charge in [-0.25, -0.2) is 0 Å². The van der Waals surface area contributed by atoms with Gasteiger partial charge in [0.1, 0.15) is 5.76 Å². The molecule has 0 N–H and O–H groups in total. The second kappa shape index (κ2) is 7.56. The van der Waals surface area contributed by atoms with E-state index >= 15 is 0 Å². The number of benzene rings is 1. The van der Waals surface area contributed by atoms with Gasteiger partial charge in [0.2, 0.25) is 0 Å². The first-order valence-electron chi connectivity index (χ1n) is 8.55. The molecule has 134 valence electrons. The van der Waals surface area contributed by atoms with Crippen molar-refractivity contribution >= 4 is 23.3 Å². The van der Waals surface area contributed by atoms with Gasteiger partial charge in [-0.15, -0.1) is 12.4 Å². The van der Waals surface area contributed by atoms with E-state index in [1.165, 1.54) is 0 Å². The van der Waals surface area contributed by atoms with Gasteiger partial charge in [-0.05, 0) is 19.9 Å². The minimum atomic E-state index is 0. The number of aromatic nitrogens is 3. The minimum absolute atomic E-state index is 0. The van der Waals surface area contributed by atoms with E-state index in [1.54, 1.807) is 4.68 Å². The highest BCUT2D eigenvalue weighted by atomic mass is 35.5. The van der Waals surface area contributed by atoms with Gasteiger partial charge >= 0.3 is 6.01 Å². The first kappa shape index (κ1) is 17.9. The minimum Gasteiger partial charge on any atom is -0.426 e. The van der Waals surface area contributed by atoms with Crippen LogP contribution in [-0.4, -0.2) is 56.8 Å². The summed E-state index contributed by atoms with van der Waals surface area (Å²) in [6.45, 7) is 9.68. The largest absolute Gasteiger partial charge is 0.426 e. The number of hydrogen-bond acceptors (Lipinski definition) is 5. The molecule has 4 rings (SSSR count). The Morgan fingerprint density at radius 2 is 1.84 bits per heavy atom. The molecule has 0 saturated carbocycles. The van der Waals surface area contributed by atoms with Gasteiger partial charge < -0.3 is 4.42 Å². The molecule has 1 aliphatic heterocycles. The first-order valence-corrected chi connectivity index (χ1v) is 8.55. The average molecular weight is 362 g/mol. The smallest absolute Gasteiger partial charge is 0.323 e. The second-order valence-electron chi connectivity index (χ2n) is 6.63. The summed E-state index contributed by atoms with van der Waals surface area (Å²) >= 11 is 0. The third-order valence-corrected chi connectivity index (χ3v) is 4.72. The fourth-order valence-electron chi connectivity index (χ4n) is 3.25. The predicted octanol–water partition coefficient (Wildman–Crippen LogP) is 2.96. The zero-order valence-corrected chi connectivity index (χ0v) is 15.4. The molecule has 7 heteroatoms. The van der Waals surface area contributed by atoms with Crippen LogP contribution in [0.15, 0.2) is 41.1 Å². The normalized spacial score (nSPS) is 16.4. The number of nitrogens with zero attached hydrogens (tertiary/aromatic N) is 5. The number of hydrogen-bond donors (Lipinski definition) is 0. The Hall–Kier alpha value is -1.89. The Kier molecular flexibility index (Phi) is 5.42. The van der Waals surface area contributed by atoms with Crippen molar-refractivity contribution in [1.29, 1.82) is 0 Å². The van der Waals surface area contributed by atoms with Crippen LogP contribution in [0, 0.1) is 0 Å². The molecule has 0 unspecified atom stereocenters. The van der Waals surface area contributed by atoms with Crippen molar-refractivity contribution in [3.8, 4) is 6.01 Å². The molecule has 0 atom stereocenters. The fraction of sp³-hybridized carbons (Fsp3) is 0.444. The molecular formula is C18H24ClN5O. The molecule has 25 heavy (non-hydrogen) atoms. The lowest BCUT2D eigenvalue weighted by atomic mass is 10.2. The van der Waals surface area contributed by atoms with E-state index in [2.05, 4.69) is 33.7 Å². The second-order valence-corrected chi connectivity index (χ2v) is 6.63. The van der Waals surface area contributed by atoms with Crippen LogP contribution in [0.1, 0.15) is 19.6 Å². The topological polar surface area (TPSA) is 50.3 Å². The van der Waals surface area contributed by atoms with E-state index in [9.17, 15) is 0 Å². The van der Waals surface area contributed by atoms with E-state index < -0.39 is 0 Å². The summed E-state index contributed by atoms with van der Waals surface area (Å²) in [4.78, 5) is 9.35. The SMILES string of the molecule is CC(C)N1CCN(Cc2cnc(-n3ncc4ccccc43)o2)CC1.Cl. The summed E-state index contributed by atoms with van der Waals surface area (Å²) in [5, 5.41) is 5.48. The maximum absolute atomic E-state index is 5.95. The van der Waals surface area contributed by atoms with Gasteiger partial charge in [-0.2, -0.15) is 14.8 Å². The molecule has 2 aromatic heterocycles. The average Bonchev–Trinajstić information content (AvgIpc) is 3.22. The summed E-state index contributed by atoms with van der Waals surface area (Å²) in [5.74, 6) is 0.891. The third kappa shape index (κ3) is 3.71. The number of para-hydroxylation sites is 1. The number of halogens is 1. The summed E-state index contributed by atoms with van der Waals surface area (Å²) in [7, 11) is 0. The van der Waals surface area contributed by atoms with Crippen LogP contribution in [-0.2, 0) is 6.54 Å². The number of rotatable bonds is 4. The van der Waals surface area contributed by atoms with E-state index in [1.807, 2.05) is 36.7 Å². The van der Waals surface area contributed by atoms with Crippen LogP contribution in [0.2, 0.25) is 0 Å². The summed E-state index contributed by atoms with van der Waals surface area (Å²) in [6, 6.07) is 9.23. The zero-order valence-electron chi connectivity index (χ0n) is 14.6. The van der Waals surface area contributed by atoms with Gasteiger partial charge in [-0.1, -0.05) is 18.2 Å². The lowest BCUT2D eigenvalue weighted by Gasteiger charge is -2.36. The standard InChI is InChI=1S/C18H23N5O.ClH/c1-14(2)22-9-7-21(8-10-22)13-16-12-19-18(24-16)23-17-6-4-3-5-15(17)11-20-23;/h3-6,11-12,14H,7-10,13H2,1-2H3;1H. The summed E-state index contributed by atoms with van der Waals surface area (Å²) < 4.78 is 7.71. The maximum atomic E-state index is 5.95. The molecule has 3 heterocycles. The molecule has 1 aromatic carbocycles. The molecule has 1 aliphatic rings. The number of fused-ring (bicyclic) bond motifs is 1. The Labute approximate surface area is 153 Å². The molecule has 6 nitrogen and oxygen atoms in total. The lowest BCUT2D eigenvalue weighted by Crippen LogP contribution is -2.48. The van der Waals surface area contributed by atoms with Crippen LogP contribution in [0.4, 0.5) is 0 Å². The van der Waals surface area contributed by atoms with Crippen molar-refractivity contribution in [2.24, 2.45) is 0 Å². The molecule has 0 aliphatic carbocycles. The maximum Gasteiger partial charge on any atom is 0.323 e. The van der Waals surface area contributed by atoms with Crippen molar-refractivity contribution in [2.45, 2.75) is 26.4 Å². The van der Waals surface area contributed by atoms with E-state index in [0.29, 0.717) is 12.1 Å². The third-order valence-electron chi connectivity index (χ3n) is 4.72. The molecule has 0 amide bonds. The molecule has 0 radical (unpaired) electrons. The van der Waals surface area contributed by atoms with Crippen LogP contribution in [0.3, 0.4) is 0 Å². The highest BCUT2D eigenvalue weighted by Gasteiger charge is 2.20. The quantitative estimate of drug-likeness (QED) is 0.715. The predicted molar refractivity (Wildman–Crippen MR) is 100 cm³/mol. The highest BCUT2D eigenvalue weighted by Crippen LogP contribution is 2.19. The van der Waals surface area contributed by atoms with Crippen molar-refractivity contribution < 1.29 is 4.42 Å². The Morgan fingerprint density at radius 3 is 2.60 bits per heavy atom. The summed E-state index contributed by atoms with van der Waals surface area (Å²) in [5.41, 5.74) is 1.01. The molecule has 0 bridgehead atoms. The van der Waals surface area contributed by atoms with Crippen molar-refractivity contribution in [3.63, 3.8) is 0 Å². The Morgan fingerprint density at radius 1 is 1.08 bits per heavy atom. The number of piperazine rings is 1. The molecule has 1 fully saturated rings. The van der Waals surface area contributed by atoms with Gasteiger partial charge in [-0.3, -0.25) is 9.80 Å². The van der Waals surface area contributed by atoms with Crippen LogP contribution in [0.5, 0.6) is 0 Å². The number of oxazole rings is 1. The Balaban J connectivity index is 0.00000182. The van der Waals surface area contributed by atoms with Crippen molar-refractivity contribution in [1.82, 2.24) is 24.6 Å². The fourth-order valence-corrected chi connectivity index (χ4v) is 3.25. The Bertz CT molecular complexity index is 820. The zero-order chi connectivity index (χ0) is 16.5. The molecule has 1 saturated heterocycles. The van der Waals surface area contributed by atoms with E-state index in [-0.39, 0.29) is 12.4 Å². The molecule has 0 spiro atoms. The monoisotopic (exact) mass is 361 g/mol. The van der Waals surface area contributed by atoms with Crippen LogP contribution in [0.25, 0.3) is 16.9 Å². The van der Waals surface area contributed by atoms with Gasteiger partial charge in [0.15, 0.2) is 0 Å². The van der Waals surface area contributed by atoms with E-state index in [4.69, 9.17) is 4.42 Å². The summed E-state index contributed by atoms with van der Waals surface area (Å²) in [6.07, 6.45) is 3.66. The van der Waals surface area contributed by atoms with Gasteiger partial charge in [0, 0.05) is 37.6 Å². The lowest BCUT2D eigenvalue weighted by molar-refractivity contribution is 0.0990. The van der Waals surface area contributed by atoms with Crippen molar-refractivity contribution in [2.75, 3.05) is 26.2 Å². The van der Waals surface area contributed by atoms with E-state index in [0.717, 1.165) is 49.4 Å². The molecular weight excluding hydrogens is 338 g/mol. The highest BCUT2D eigenvalue weighted by molar-refractivity contribution is 5.85. The van der Waals surface area contributed by atoms with Crippen molar-refractivity contribution in [3.05, 3.63) is 42.4 Å². The molecule has 3 aromatic rings. The first-order chi connectivity index (χ1) is 11.7. The van der Waals surface area contributed by atoms with Gasteiger partial charge in [0.05, 0.1) is 24.5 Å². The van der Waals surface area contributed by atoms with Crippen LogP contribution < -0.4 is 0 Å².